The third-order valence-corrected chi connectivity index (χ3v) is 2.85. The number of rotatable bonds is 3. The van der Waals surface area contributed by atoms with E-state index in [1.165, 1.54) is 0 Å². The van der Waals surface area contributed by atoms with Crippen molar-refractivity contribution in [3.63, 3.8) is 0 Å². The highest BCUT2D eigenvalue weighted by Gasteiger charge is 2.35. The maximum atomic E-state index is 12.5. The molecule has 0 atom stereocenters. The van der Waals surface area contributed by atoms with Crippen molar-refractivity contribution in [3.8, 4) is 0 Å². The van der Waals surface area contributed by atoms with Gasteiger partial charge in [-0.25, -0.2) is 4.39 Å². The second kappa shape index (κ2) is 4.53. The summed E-state index contributed by atoms with van der Waals surface area (Å²) in [5.74, 6) is -0.697. The van der Waals surface area contributed by atoms with E-state index < -0.39 is 0 Å². The number of benzene rings is 1. The fourth-order valence-electron chi connectivity index (χ4n) is 1.81. The molecule has 1 heterocycles. The van der Waals surface area contributed by atoms with Crippen LogP contribution in [0.3, 0.4) is 0 Å². The topological polar surface area (TPSA) is 37.4 Å². The Morgan fingerprint density at radius 1 is 1.24 bits per heavy atom. The van der Waals surface area contributed by atoms with E-state index in [0.29, 0.717) is 29.3 Å². The number of hydrogen-bond acceptors (Lipinski definition) is 2. The van der Waals surface area contributed by atoms with Gasteiger partial charge in [0, 0.05) is 0 Å². The summed E-state index contributed by atoms with van der Waals surface area (Å²) in [4.78, 5) is 24.9. The molecule has 0 bridgehead atoms. The highest BCUT2D eigenvalue weighted by molar-refractivity contribution is 6.21. The van der Waals surface area contributed by atoms with Crippen molar-refractivity contribution in [2.45, 2.75) is 6.32 Å². The molecular weight excluding hydrogens is 220 g/mol. The maximum Gasteiger partial charge on any atom is 0.261 e. The van der Waals surface area contributed by atoms with Crippen molar-refractivity contribution in [3.05, 3.63) is 47.3 Å². The average molecular weight is 231 g/mol. The first-order chi connectivity index (χ1) is 8.19. The number of fused-ring (bicyclic) bond motifs is 1. The van der Waals surface area contributed by atoms with Gasteiger partial charge in [0.2, 0.25) is 0 Å². The van der Waals surface area contributed by atoms with Gasteiger partial charge in [-0.3, -0.25) is 14.5 Å². The normalized spacial score (nSPS) is 15.4. The van der Waals surface area contributed by atoms with E-state index in [1.807, 2.05) is 0 Å². The van der Waals surface area contributed by atoms with Crippen molar-refractivity contribution >= 4 is 19.7 Å². The highest BCUT2D eigenvalue weighted by atomic mass is 19.1. The summed E-state index contributed by atoms with van der Waals surface area (Å²) < 4.78 is 12.5. The molecule has 0 saturated heterocycles. The molecule has 0 radical (unpaired) electrons. The molecule has 86 valence electrons. The molecule has 0 unspecified atom stereocenters. The third kappa shape index (κ3) is 1.88. The van der Waals surface area contributed by atoms with Crippen molar-refractivity contribution in [1.82, 2.24) is 4.90 Å². The summed E-state index contributed by atoms with van der Waals surface area (Å²) in [5.41, 5.74) is 1.22. The number of hydrogen-bond donors (Lipinski definition) is 0. The number of carbonyl (C=O) groups excluding carboxylic acids is 2. The van der Waals surface area contributed by atoms with E-state index in [2.05, 4.69) is 0 Å². The summed E-state index contributed by atoms with van der Waals surface area (Å²) >= 11 is 0. The van der Waals surface area contributed by atoms with Crippen molar-refractivity contribution in [1.29, 1.82) is 0 Å². The smallest absolute Gasteiger partial charge is 0.261 e. The summed E-state index contributed by atoms with van der Waals surface area (Å²) in [6.45, 7) is 0.0271. The largest absolute Gasteiger partial charge is 0.270 e. The Balaban J connectivity index is 2.30. The zero-order valence-electron chi connectivity index (χ0n) is 9.44. The second-order valence-electron chi connectivity index (χ2n) is 3.86. The SMILES string of the molecule is BC/C(=C\F)CN1C(=O)c2ccccc2C1=O. The van der Waals surface area contributed by atoms with Crippen LogP contribution in [0.15, 0.2) is 36.2 Å². The van der Waals surface area contributed by atoms with Crippen LogP contribution in [0.5, 0.6) is 0 Å². The molecule has 1 aliphatic rings. The molecule has 1 aliphatic heterocycles. The molecule has 3 nitrogen and oxygen atoms in total. The van der Waals surface area contributed by atoms with Crippen LogP contribution in [-0.2, 0) is 0 Å². The molecule has 0 N–H and O–H groups in total. The van der Waals surface area contributed by atoms with E-state index in [4.69, 9.17) is 0 Å². The Morgan fingerprint density at radius 2 is 1.76 bits per heavy atom. The molecule has 0 saturated carbocycles. The van der Waals surface area contributed by atoms with Gasteiger partial charge in [0.1, 0.15) is 7.85 Å². The van der Waals surface area contributed by atoms with E-state index in [-0.39, 0.29) is 18.4 Å². The minimum atomic E-state index is -0.349. The predicted molar refractivity (Wildman–Crippen MR) is 64.4 cm³/mol. The third-order valence-electron chi connectivity index (χ3n) is 2.85. The maximum absolute atomic E-state index is 12.5. The van der Waals surface area contributed by atoms with E-state index >= 15 is 0 Å². The van der Waals surface area contributed by atoms with Crippen LogP contribution in [0, 0.1) is 0 Å². The lowest BCUT2D eigenvalue weighted by molar-refractivity contribution is 0.0668. The van der Waals surface area contributed by atoms with Crippen molar-refractivity contribution in [2.24, 2.45) is 0 Å². The van der Waals surface area contributed by atoms with E-state index in [1.54, 1.807) is 32.1 Å². The molecule has 17 heavy (non-hydrogen) atoms. The summed E-state index contributed by atoms with van der Waals surface area (Å²) in [6.07, 6.45) is 0.938. The summed E-state index contributed by atoms with van der Waals surface area (Å²) in [6, 6.07) is 6.64. The first-order valence-corrected chi connectivity index (χ1v) is 5.42. The number of carbonyl (C=O) groups is 2. The van der Waals surface area contributed by atoms with Gasteiger partial charge in [0.05, 0.1) is 24.0 Å². The molecule has 0 aromatic heterocycles. The van der Waals surface area contributed by atoms with Gasteiger partial charge < -0.3 is 0 Å². The van der Waals surface area contributed by atoms with Crippen molar-refractivity contribution < 1.29 is 14.0 Å². The lowest BCUT2D eigenvalue weighted by Gasteiger charge is -2.14. The van der Waals surface area contributed by atoms with E-state index in [9.17, 15) is 14.0 Å². The van der Waals surface area contributed by atoms with Crippen LogP contribution in [0.4, 0.5) is 4.39 Å². The molecule has 5 heteroatoms. The Kier molecular flexibility index (Phi) is 3.09. The van der Waals surface area contributed by atoms with Crippen LogP contribution in [-0.4, -0.2) is 31.1 Å². The molecule has 2 amide bonds. The molecule has 0 spiro atoms. The van der Waals surface area contributed by atoms with E-state index in [0.717, 1.165) is 4.90 Å². The first-order valence-electron chi connectivity index (χ1n) is 5.42. The second-order valence-corrected chi connectivity index (χ2v) is 3.86. The number of amides is 2. The van der Waals surface area contributed by atoms with Gasteiger partial charge in [-0.15, -0.1) is 0 Å². The first kappa shape index (κ1) is 11.6. The van der Waals surface area contributed by atoms with Crippen LogP contribution < -0.4 is 0 Å². The fourth-order valence-corrected chi connectivity index (χ4v) is 1.81. The summed E-state index contributed by atoms with van der Waals surface area (Å²) in [5, 5.41) is 0. The monoisotopic (exact) mass is 231 g/mol. The van der Waals surface area contributed by atoms with Gasteiger partial charge in [-0.1, -0.05) is 18.5 Å². The Morgan fingerprint density at radius 3 is 2.18 bits per heavy atom. The Labute approximate surface area is 99.3 Å². The van der Waals surface area contributed by atoms with Gasteiger partial charge in [0.15, 0.2) is 0 Å². The van der Waals surface area contributed by atoms with Gasteiger partial charge in [-0.05, 0) is 17.7 Å². The molecule has 2 rings (SSSR count). The minimum absolute atomic E-state index is 0.0271. The van der Waals surface area contributed by atoms with Crippen LogP contribution in [0.2, 0.25) is 6.32 Å². The quantitative estimate of drug-likeness (QED) is 0.578. The number of halogens is 1. The minimum Gasteiger partial charge on any atom is -0.270 e. The van der Waals surface area contributed by atoms with Crippen molar-refractivity contribution in [2.75, 3.05) is 6.54 Å². The predicted octanol–water partition coefficient (Wildman–Crippen LogP) is 1.19. The lowest BCUT2D eigenvalue weighted by Crippen LogP contribution is -2.31. The highest BCUT2D eigenvalue weighted by Crippen LogP contribution is 2.23. The molecule has 0 fully saturated rings. The average Bonchev–Trinajstić information content (AvgIpc) is 2.61. The Hall–Kier alpha value is -1.91. The molecular formula is C12H11BFNO2. The van der Waals surface area contributed by atoms with Gasteiger partial charge in [0.25, 0.3) is 11.8 Å². The lowest BCUT2D eigenvalue weighted by atomic mass is 9.97. The standard InChI is InChI=1S/C12H11BFNO2/c13-5-8(6-14)7-15-11(16)9-3-1-2-4-10(9)12(15)17/h1-4,6H,5,7,13H2/b8-6+. The molecule has 0 aliphatic carbocycles. The van der Waals surface area contributed by atoms with Gasteiger partial charge in [-0.2, -0.15) is 0 Å². The number of imide groups is 1. The zero-order valence-corrected chi connectivity index (χ0v) is 9.44. The number of nitrogens with zero attached hydrogens (tertiary/aromatic N) is 1. The van der Waals surface area contributed by atoms with Crippen LogP contribution in [0.1, 0.15) is 20.7 Å². The zero-order chi connectivity index (χ0) is 12.4. The molecule has 1 aromatic rings. The van der Waals surface area contributed by atoms with Gasteiger partial charge >= 0.3 is 0 Å². The van der Waals surface area contributed by atoms with Crippen LogP contribution >= 0.6 is 0 Å². The molecule has 1 aromatic carbocycles. The Bertz CT molecular complexity index is 478. The fraction of sp³-hybridized carbons (Fsp3) is 0.167. The van der Waals surface area contributed by atoms with Crippen LogP contribution in [0.25, 0.3) is 0 Å². The summed E-state index contributed by atoms with van der Waals surface area (Å²) in [7, 11) is 1.78.